The fourth-order valence-corrected chi connectivity index (χ4v) is 1.93. The molecule has 96 valence electrons. The third-order valence-electron chi connectivity index (χ3n) is 3.09. The highest BCUT2D eigenvalue weighted by atomic mass is 16.3. The number of rotatable bonds is 3. The normalized spacial score (nSPS) is 17.6. The first-order valence-electron chi connectivity index (χ1n) is 5.94. The molecule has 1 aliphatic rings. The summed E-state index contributed by atoms with van der Waals surface area (Å²) in [5, 5.41) is 11.6. The van der Waals surface area contributed by atoms with Gasteiger partial charge in [0.25, 0.3) is 0 Å². The van der Waals surface area contributed by atoms with Crippen molar-refractivity contribution in [3.63, 3.8) is 0 Å². The van der Waals surface area contributed by atoms with E-state index in [9.17, 15) is 9.59 Å². The molecule has 5 heteroatoms. The Kier molecular flexibility index (Phi) is 3.62. The van der Waals surface area contributed by atoms with Crippen molar-refractivity contribution >= 4 is 17.5 Å². The van der Waals surface area contributed by atoms with Gasteiger partial charge in [0.15, 0.2) is 0 Å². The second kappa shape index (κ2) is 5.18. The van der Waals surface area contributed by atoms with Gasteiger partial charge in [-0.2, -0.15) is 0 Å². The smallest absolute Gasteiger partial charge is 0.316 e. The zero-order valence-corrected chi connectivity index (χ0v) is 10.2. The first-order valence-corrected chi connectivity index (χ1v) is 5.94. The van der Waals surface area contributed by atoms with Crippen LogP contribution in [-0.4, -0.2) is 36.6 Å². The summed E-state index contributed by atoms with van der Waals surface area (Å²) in [4.78, 5) is 24.5. The number of amides is 2. The monoisotopic (exact) mass is 248 g/mol. The molecule has 0 spiro atoms. The molecule has 1 unspecified atom stereocenters. The zero-order valence-electron chi connectivity index (χ0n) is 10.2. The highest BCUT2D eigenvalue weighted by Gasteiger charge is 2.27. The van der Waals surface area contributed by atoms with Gasteiger partial charge in [-0.05, 0) is 17.7 Å². The number of nitrogens with zero attached hydrogens (tertiary/aromatic N) is 1. The van der Waals surface area contributed by atoms with Crippen LogP contribution in [0.25, 0.3) is 0 Å². The molecule has 0 saturated carbocycles. The third-order valence-corrected chi connectivity index (χ3v) is 3.09. The minimum Gasteiger partial charge on any atom is -0.396 e. The van der Waals surface area contributed by atoms with Crippen LogP contribution in [0, 0.1) is 0 Å². The van der Waals surface area contributed by atoms with Crippen molar-refractivity contribution in [1.82, 2.24) is 5.32 Å². The number of carbonyl (C=O) groups excluding carboxylic acids is 2. The summed E-state index contributed by atoms with van der Waals surface area (Å²) in [5.41, 5.74) is 1.65. The van der Waals surface area contributed by atoms with Gasteiger partial charge in [0, 0.05) is 31.3 Å². The summed E-state index contributed by atoms with van der Waals surface area (Å²) in [7, 11) is 0. The van der Waals surface area contributed by atoms with Crippen molar-refractivity contribution in [3.05, 3.63) is 29.8 Å². The molecule has 1 aliphatic heterocycles. The first-order chi connectivity index (χ1) is 8.63. The van der Waals surface area contributed by atoms with E-state index in [0.29, 0.717) is 18.8 Å². The van der Waals surface area contributed by atoms with E-state index in [1.807, 2.05) is 25.1 Å². The summed E-state index contributed by atoms with van der Waals surface area (Å²) < 4.78 is 0. The molecule has 0 aromatic heterocycles. The van der Waals surface area contributed by atoms with Crippen LogP contribution in [0.4, 0.5) is 5.69 Å². The Balaban J connectivity index is 2.27. The molecule has 1 saturated heterocycles. The quantitative estimate of drug-likeness (QED) is 0.753. The fraction of sp³-hybridized carbons (Fsp3) is 0.385. The van der Waals surface area contributed by atoms with Crippen LogP contribution in [0.15, 0.2) is 24.3 Å². The first kappa shape index (κ1) is 12.6. The molecule has 2 rings (SSSR count). The standard InChI is InChI=1S/C13H16N2O3/c1-9(8-16)10-3-2-4-11(7-10)15-6-5-14-12(17)13(15)18/h2-4,7,9,16H,5-6,8H2,1H3,(H,14,17). The molecule has 0 radical (unpaired) electrons. The molecule has 1 fully saturated rings. The molecular formula is C13H16N2O3. The summed E-state index contributed by atoms with van der Waals surface area (Å²) in [6.45, 7) is 2.90. The lowest BCUT2D eigenvalue weighted by Crippen LogP contribution is -2.52. The number of benzene rings is 1. The Labute approximate surface area is 105 Å². The number of hydrogen-bond donors (Lipinski definition) is 2. The number of hydrogen-bond acceptors (Lipinski definition) is 3. The van der Waals surface area contributed by atoms with E-state index in [4.69, 9.17) is 5.11 Å². The highest BCUT2D eigenvalue weighted by molar-refractivity contribution is 6.41. The average Bonchev–Trinajstić information content (AvgIpc) is 2.41. The van der Waals surface area contributed by atoms with Crippen LogP contribution in [0.2, 0.25) is 0 Å². The molecule has 1 heterocycles. The maximum absolute atomic E-state index is 11.7. The average molecular weight is 248 g/mol. The summed E-state index contributed by atoms with van der Waals surface area (Å²) >= 11 is 0. The highest BCUT2D eigenvalue weighted by Crippen LogP contribution is 2.22. The van der Waals surface area contributed by atoms with E-state index < -0.39 is 11.8 Å². The van der Waals surface area contributed by atoms with E-state index in [1.54, 1.807) is 6.07 Å². The fourth-order valence-electron chi connectivity index (χ4n) is 1.93. The largest absolute Gasteiger partial charge is 0.396 e. The van der Waals surface area contributed by atoms with Gasteiger partial charge >= 0.3 is 11.8 Å². The Morgan fingerprint density at radius 2 is 2.22 bits per heavy atom. The van der Waals surface area contributed by atoms with Crippen molar-refractivity contribution in [2.45, 2.75) is 12.8 Å². The minimum atomic E-state index is -0.568. The van der Waals surface area contributed by atoms with Gasteiger partial charge in [-0.1, -0.05) is 19.1 Å². The Hall–Kier alpha value is -1.88. The number of aliphatic hydroxyl groups excluding tert-OH is 1. The van der Waals surface area contributed by atoms with E-state index in [1.165, 1.54) is 4.90 Å². The van der Waals surface area contributed by atoms with Crippen LogP contribution in [0.1, 0.15) is 18.4 Å². The second-order valence-corrected chi connectivity index (χ2v) is 4.39. The van der Waals surface area contributed by atoms with Gasteiger partial charge in [0.2, 0.25) is 0 Å². The van der Waals surface area contributed by atoms with E-state index >= 15 is 0 Å². The van der Waals surface area contributed by atoms with Crippen LogP contribution in [-0.2, 0) is 9.59 Å². The predicted molar refractivity (Wildman–Crippen MR) is 67.3 cm³/mol. The van der Waals surface area contributed by atoms with Crippen molar-refractivity contribution in [2.75, 3.05) is 24.6 Å². The third kappa shape index (κ3) is 2.36. The predicted octanol–water partition coefficient (Wildman–Crippen LogP) is 0.245. The Morgan fingerprint density at radius 1 is 1.44 bits per heavy atom. The molecule has 0 aliphatic carbocycles. The molecule has 1 aromatic rings. The Bertz CT molecular complexity index is 473. The van der Waals surface area contributed by atoms with Crippen molar-refractivity contribution in [3.8, 4) is 0 Å². The number of carbonyl (C=O) groups is 2. The van der Waals surface area contributed by atoms with Crippen LogP contribution >= 0.6 is 0 Å². The molecule has 1 atom stereocenters. The van der Waals surface area contributed by atoms with Crippen molar-refractivity contribution < 1.29 is 14.7 Å². The van der Waals surface area contributed by atoms with Crippen molar-refractivity contribution in [2.24, 2.45) is 0 Å². The van der Waals surface area contributed by atoms with E-state index in [0.717, 1.165) is 5.56 Å². The molecular weight excluding hydrogens is 232 g/mol. The number of piperazine rings is 1. The maximum atomic E-state index is 11.7. The number of nitrogens with one attached hydrogen (secondary N) is 1. The van der Waals surface area contributed by atoms with E-state index in [2.05, 4.69) is 5.32 Å². The number of aliphatic hydroxyl groups is 1. The molecule has 18 heavy (non-hydrogen) atoms. The molecule has 0 bridgehead atoms. The minimum absolute atomic E-state index is 0.0127. The van der Waals surface area contributed by atoms with Gasteiger partial charge < -0.3 is 15.3 Å². The summed E-state index contributed by atoms with van der Waals surface area (Å²) in [5.74, 6) is -1.09. The molecule has 1 aromatic carbocycles. The van der Waals surface area contributed by atoms with Gasteiger partial charge in [-0.15, -0.1) is 0 Å². The second-order valence-electron chi connectivity index (χ2n) is 4.39. The molecule has 2 N–H and O–H groups in total. The SMILES string of the molecule is CC(CO)c1cccc(N2CCNC(=O)C2=O)c1. The topological polar surface area (TPSA) is 69.6 Å². The Morgan fingerprint density at radius 3 is 2.94 bits per heavy atom. The summed E-state index contributed by atoms with van der Waals surface area (Å²) in [6.07, 6.45) is 0. The summed E-state index contributed by atoms with van der Waals surface area (Å²) in [6, 6.07) is 7.37. The zero-order chi connectivity index (χ0) is 13.1. The lowest BCUT2D eigenvalue weighted by Gasteiger charge is -2.27. The lowest BCUT2D eigenvalue weighted by atomic mass is 10.0. The maximum Gasteiger partial charge on any atom is 0.316 e. The molecule has 5 nitrogen and oxygen atoms in total. The van der Waals surface area contributed by atoms with E-state index in [-0.39, 0.29) is 12.5 Å². The van der Waals surface area contributed by atoms with Gasteiger partial charge in [-0.3, -0.25) is 9.59 Å². The van der Waals surface area contributed by atoms with Gasteiger partial charge in [0.05, 0.1) is 0 Å². The van der Waals surface area contributed by atoms with Crippen LogP contribution < -0.4 is 10.2 Å². The lowest BCUT2D eigenvalue weighted by molar-refractivity contribution is -0.138. The molecule has 2 amide bonds. The van der Waals surface area contributed by atoms with Gasteiger partial charge in [-0.25, -0.2) is 0 Å². The number of anilines is 1. The van der Waals surface area contributed by atoms with Crippen molar-refractivity contribution in [1.29, 1.82) is 0 Å². The van der Waals surface area contributed by atoms with Crippen LogP contribution in [0.5, 0.6) is 0 Å². The van der Waals surface area contributed by atoms with Gasteiger partial charge in [0.1, 0.15) is 0 Å². The van der Waals surface area contributed by atoms with Crippen LogP contribution in [0.3, 0.4) is 0 Å².